The number of nitrogens with zero attached hydrogens (tertiary/aromatic N) is 2. The minimum absolute atomic E-state index is 0. The summed E-state index contributed by atoms with van der Waals surface area (Å²) in [4.78, 5) is 0. The van der Waals surface area contributed by atoms with Crippen molar-refractivity contribution >= 4 is 23.3 Å². The van der Waals surface area contributed by atoms with E-state index in [0.29, 0.717) is 29.5 Å². The van der Waals surface area contributed by atoms with Crippen LogP contribution in [0.5, 0.6) is 5.88 Å². The van der Waals surface area contributed by atoms with E-state index in [1.54, 1.807) is 22.9 Å². The summed E-state index contributed by atoms with van der Waals surface area (Å²) >= 11 is 0. The van der Waals surface area contributed by atoms with Gasteiger partial charge in [0.25, 0.3) is 0 Å². The van der Waals surface area contributed by atoms with Crippen molar-refractivity contribution in [3.8, 4) is 11.6 Å². The highest BCUT2D eigenvalue weighted by Crippen LogP contribution is 2.29. The van der Waals surface area contributed by atoms with Crippen LogP contribution in [0.2, 0.25) is 0 Å². The van der Waals surface area contributed by atoms with E-state index in [4.69, 9.17) is 4.74 Å². The minimum Gasteiger partial charge on any atom is -0.476 e. The lowest BCUT2D eigenvalue weighted by atomic mass is 10.0. The molecule has 0 radical (unpaired) electrons. The number of ether oxygens (including phenoxy) is 1. The van der Waals surface area contributed by atoms with Gasteiger partial charge in [0.2, 0.25) is 5.88 Å². The van der Waals surface area contributed by atoms with Crippen LogP contribution >= 0.6 is 12.4 Å². The number of nitrogens with one attached hydrogen (secondary N) is 1. The smallest absolute Gasteiger partial charge is 0.241 e. The predicted molar refractivity (Wildman–Crippen MR) is 99.3 cm³/mol. The highest BCUT2D eigenvalue weighted by molar-refractivity contribution is 5.86. The molecule has 0 saturated carbocycles. The number of hydrogen-bond donors (Lipinski definition) is 1. The summed E-state index contributed by atoms with van der Waals surface area (Å²) in [5, 5.41) is 8.47. The highest BCUT2D eigenvalue weighted by Gasteiger charge is 2.18. The monoisotopic (exact) mass is 379 g/mol. The molecule has 0 aliphatic carbocycles. The molecule has 0 amide bonds. The van der Waals surface area contributed by atoms with Crippen molar-refractivity contribution in [1.29, 1.82) is 0 Å². The SMILES string of the molecule is Cl.Fc1ccc(-n2nc(OC[C@H]3CCCNC3)c3cc(F)ccc32)cc1. The summed E-state index contributed by atoms with van der Waals surface area (Å²) in [5.74, 6) is 0.181. The van der Waals surface area contributed by atoms with E-state index in [1.807, 2.05) is 0 Å². The van der Waals surface area contributed by atoms with E-state index in [0.717, 1.165) is 31.4 Å². The first-order valence-corrected chi connectivity index (χ1v) is 8.48. The van der Waals surface area contributed by atoms with Gasteiger partial charge in [0.15, 0.2) is 0 Å². The van der Waals surface area contributed by atoms with Crippen molar-refractivity contribution in [3.63, 3.8) is 0 Å². The molecular formula is C19H20ClF2N3O. The summed E-state index contributed by atoms with van der Waals surface area (Å²) in [7, 11) is 0. The maximum Gasteiger partial charge on any atom is 0.241 e. The Balaban J connectivity index is 0.00000196. The molecule has 26 heavy (non-hydrogen) atoms. The maximum absolute atomic E-state index is 13.7. The van der Waals surface area contributed by atoms with E-state index < -0.39 is 0 Å². The number of hydrogen-bond acceptors (Lipinski definition) is 3. The van der Waals surface area contributed by atoms with Gasteiger partial charge in [-0.05, 0) is 61.9 Å². The fourth-order valence-corrected chi connectivity index (χ4v) is 3.21. The van der Waals surface area contributed by atoms with Crippen molar-refractivity contribution in [3.05, 3.63) is 54.1 Å². The Kier molecular flexibility index (Phi) is 5.74. The van der Waals surface area contributed by atoms with Crippen LogP contribution in [0.15, 0.2) is 42.5 Å². The third kappa shape index (κ3) is 3.81. The van der Waals surface area contributed by atoms with Gasteiger partial charge in [-0.15, -0.1) is 17.5 Å². The second-order valence-electron chi connectivity index (χ2n) is 6.38. The first-order chi connectivity index (χ1) is 12.2. The lowest BCUT2D eigenvalue weighted by Crippen LogP contribution is -2.33. The molecule has 4 nitrogen and oxygen atoms in total. The van der Waals surface area contributed by atoms with Crippen LogP contribution in [-0.4, -0.2) is 29.5 Å². The number of rotatable bonds is 4. The molecule has 1 atom stereocenters. The Labute approximate surface area is 156 Å². The Morgan fingerprint density at radius 1 is 1.12 bits per heavy atom. The molecule has 1 aromatic heterocycles. The first-order valence-electron chi connectivity index (χ1n) is 8.48. The van der Waals surface area contributed by atoms with Gasteiger partial charge >= 0.3 is 0 Å². The number of aromatic nitrogens is 2. The van der Waals surface area contributed by atoms with Gasteiger partial charge < -0.3 is 10.1 Å². The molecule has 1 N–H and O–H groups in total. The molecule has 4 rings (SSSR count). The molecule has 1 saturated heterocycles. The molecule has 0 bridgehead atoms. The molecular weight excluding hydrogens is 360 g/mol. The van der Waals surface area contributed by atoms with Gasteiger partial charge in [0.1, 0.15) is 11.6 Å². The van der Waals surface area contributed by atoms with Crippen LogP contribution in [0.1, 0.15) is 12.8 Å². The van der Waals surface area contributed by atoms with Crippen LogP contribution in [0, 0.1) is 17.6 Å². The normalized spacial score (nSPS) is 17.1. The minimum atomic E-state index is -0.338. The summed E-state index contributed by atoms with van der Waals surface area (Å²) in [5.41, 5.74) is 1.43. The molecule has 3 aromatic rings. The van der Waals surface area contributed by atoms with Gasteiger partial charge in [0.05, 0.1) is 23.2 Å². The second-order valence-corrected chi connectivity index (χ2v) is 6.38. The van der Waals surface area contributed by atoms with Gasteiger partial charge in [-0.3, -0.25) is 0 Å². The molecule has 1 aliphatic rings. The number of halogens is 3. The van der Waals surface area contributed by atoms with Gasteiger partial charge in [-0.2, -0.15) is 0 Å². The van der Waals surface area contributed by atoms with E-state index in [2.05, 4.69) is 10.4 Å². The first kappa shape index (κ1) is 18.6. The van der Waals surface area contributed by atoms with Crippen molar-refractivity contribution in [2.75, 3.05) is 19.7 Å². The predicted octanol–water partition coefficient (Wildman–Crippen LogP) is 4.10. The highest BCUT2D eigenvalue weighted by atomic mass is 35.5. The zero-order chi connectivity index (χ0) is 17.2. The zero-order valence-corrected chi connectivity index (χ0v) is 14.9. The van der Waals surface area contributed by atoms with Crippen molar-refractivity contribution in [2.45, 2.75) is 12.8 Å². The number of fused-ring (bicyclic) bond motifs is 1. The Hall–Kier alpha value is -2.18. The molecule has 2 heterocycles. The average molecular weight is 380 g/mol. The van der Waals surface area contributed by atoms with E-state index in [1.165, 1.54) is 24.3 Å². The van der Waals surface area contributed by atoms with Crippen LogP contribution in [0.3, 0.4) is 0 Å². The largest absolute Gasteiger partial charge is 0.476 e. The third-order valence-corrected chi connectivity index (χ3v) is 4.53. The van der Waals surface area contributed by atoms with Crippen molar-refractivity contribution in [2.24, 2.45) is 5.92 Å². The van der Waals surface area contributed by atoms with Crippen LogP contribution in [0.25, 0.3) is 16.6 Å². The Morgan fingerprint density at radius 3 is 2.62 bits per heavy atom. The summed E-state index contributed by atoms with van der Waals surface area (Å²) in [6, 6.07) is 10.5. The van der Waals surface area contributed by atoms with Gasteiger partial charge in [0, 0.05) is 12.5 Å². The Bertz CT molecular complexity index is 876. The fraction of sp³-hybridized carbons (Fsp3) is 0.316. The maximum atomic E-state index is 13.7. The van der Waals surface area contributed by atoms with Gasteiger partial charge in [-0.25, -0.2) is 13.5 Å². The summed E-state index contributed by atoms with van der Waals surface area (Å²) < 4.78 is 34.5. The fourth-order valence-electron chi connectivity index (χ4n) is 3.21. The molecule has 1 fully saturated rings. The van der Waals surface area contributed by atoms with Crippen LogP contribution in [-0.2, 0) is 0 Å². The molecule has 138 valence electrons. The van der Waals surface area contributed by atoms with E-state index in [9.17, 15) is 8.78 Å². The number of benzene rings is 2. The van der Waals surface area contributed by atoms with E-state index in [-0.39, 0.29) is 24.0 Å². The van der Waals surface area contributed by atoms with Crippen molar-refractivity contribution in [1.82, 2.24) is 15.1 Å². The quantitative estimate of drug-likeness (QED) is 0.741. The molecule has 0 unspecified atom stereocenters. The van der Waals surface area contributed by atoms with Gasteiger partial charge in [-0.1, -0.05) is 0 Å². The lowest BCUT2D eigenvalue weighted by Gasteiger charge is -2.22. The molecule has 2 aromatic carbocycles. The molecule has 1 aliphatic heterocycles. The standard InChI is InChI=1S/C19H19F2N3O.ClH/c20-14-3-6-16(7-4-14)24-18-8-5-15(21)10-17(18)19(23-24)25-12-13-2-1-9-22-11-13;/h3-8,10,13,22H,1-2,9,11-12H2;1H/t13-;/m0./s1. The topological polar surface area (TPSA) is 39.1 Å². The van der Waals surface area contributed by atoms with Crippen LogP contribution in [0.4, 0.5) is 8.78 Å². The second kappa shape index (κ2) is 8.01. The zero-order valence-electron chi connectivity index (χ0n) is 14.1. The molecule has 0 spiro atoms. The van der Waals surface area contributed by atoms with E-state index >= 15 is 0 Å². The lowest BCUT2D eigenvalue weighted by molar-refractivity contribution is 0.213. The summed E-state index contributed by atoms with van der Waals surface area (Å²) in [6.45, 7) is 2.51. The van der Waals surface area contributed by atoms with Crippen molar-refractivity contribution < 1.29 is 13.5 Å². The molecule has 7 heteroatoms. The van der Waals surface area contributed by atoms with Crippen LogP contribution < -0.4 is 10.1 Å². The third-order valence-electron chi connectivity index (χ3n) is 4.53. The average Bonchev–Trinajstić information content (AvgIpc) is 2.99. The summed E-state index contributed by atoms with van der Waals surface area (Å²) in [6.07, 6.45) is 2.24. The number of piperidine rings is 1. The Morgan fingerprint density at radius 2 is 1.88 bits per heavy atom.